The van der Waals surface area contributed by atoms with E-state index >= 15 is 0 Å². The molecule has 0 aromatic heterocycles. The van der Waals surface area contributed by atoms with Crippen molar-refractivity contribution < 1.29 is 9.84 Å². The standard InChI is InChI=1S/C13H27NO2/c1-10(2)13-12(6-8-16-13)9-14-11(3)5-4-7-15/h10-15H,4-9H2,1-3H3. The number of aliphatic hydroxyl groups excluding tert-OH is 1. The van der Waals surface area contributed by atoms with E-state index in [1.54, 1.807) is 0 Å². The summed E-state index contributed by atoms with van der Waals surface area (Å²) in [5, 5.41) is 12.3. The van der Waals surface area contributed by atoms with Crippen LogP contribution >= 0.6 is 0 Å². The van der Waals surface area contributed by atoms with Gasteiger partial charge in [-0.2, -0.15) is 0 Å². The number of aliphatic hydroxyl groups is 1. The van der Waals surface area contributed by atoms with Gasteiger partial charge < -0.3 is 15.2 Å². The number of ether oxygens (including phenoxy) is 1. The smallest absolute Gasteiger partial charge is 0.0639 e. The van der Waals surface area contributed by atoms with Crippen molar-refractivity contribution in [1.29, 1.82) is 0 Å². The lowest BCUT2D eigenvalue weighted by Crippen LogP contribution is -2.36. The Balaban J connectivity index is 2.20. The Hall–Kier alpha value is -0.120. The molecular formula is C13H27NO2. The van der Waals surface area contributed by atoms with Crippen molar-refractivity contribution in [2.24, 2.45) is 11.8 Å². The summed E-state index contributed by atoms with van der Waals surface area (Å²) in [6, 6.07) is 0.501. The monoisotopic (exact) mass is 229 g/mol. The average molecular weight is 229 g/mol. The van der Waals surface area contributed by atoms with Crippen LogP contribution in [0.1, 0.15) is 40.0 Å². The third-order valence-corrected chi connectivity index (χ3v) is 3.44. The van der Waals surface area contributed by atoms with Gasteiger partial charge in [0.25, 0.3) is 0 Å². The quantitative estimate of drug-likeness (QED) is 0.699. The lowest BCUT2D eigenvalue weighted by atomic mass is 9.93. The third-order valence-electron chi connectivity index (χ3n) is 3.44. The molecule has 1 heterocycles. The van der Waals surface area contributed by atoms with E-state index in [1.165, 1.54) is 6.42 Å². The van der Waals surface area contributed by atoms with Gasteiger partial charge in [-0.05, 0) is 38.0 Å². The Morgan fingerprint density at radius 3 is 2.75 bits per heavy atom. The lowest BCUT2D eigenvalue weighted by molar-refractivity contribution is 0.0534. The number of hydrogen-bond donors (Lipinski definition) is 2. The Morgan fingerprint density at radius 2 is 2.12 bits per heavy atom. The summed E-state index contributed by atoms with van der Waals surface area (Å²) < 4.78 is 5.76. The van der Waals surface area contributed by atoms with Gasteiger partial charge in [-0.25, -0.2) is 0 Å². The molecular weight excluding hydrogens is 202 g/mol. The summed E-state index contributed by atoms with van der Waals surface area (Å²) in [6.07, 6.45) is 3.56. The van der Waals surface area contributed by atoms with E-state index < -0.39 is 0 Å². The summed E-state index contributed by atoms with van der Waals surface area (Å²) >= 11 is 0. The zero-order chi connectivity index (χ0) is 12.0. The summed E-state index contributed by atoms with van der Waals surface area (Å²) in [4.78, 5) is 0. The van der Waals surface area contributed by atoms with Crippen LogP contribution in [0.2, 0.25) is 0 Å². The molecule has 0 aromatic carbocycles. The summed E-state index contributed by atoms with van der Waals surface area (Å²) in [5.74, 6) is 1.28. The molecule has 16 heavy (non-hydrogen) atoms. The molecule has 0 aliphatic carbocycles. The average Bonchev–Trinajstić information content (AvgIpc) is 2.71. The van der Waals surface area contributed by atoms with Gasteiger partial charge in [0.2, 0.25) is 0 Å². The summed E-state index contributed by atoms with van der Waals surface area (Å²) in [7, 11) is 0. The molecule has 1 saturated heterocycles. The molecule has 0 radical (unpaired) electrons. The van der Waals surface area contributed by atoms with Gasteiger partial charge in [0, 0.05) is 25.8 Å². The van der Waals surface area contributed by atoms with Crippen LogP contribution in [0.5, 0.6) is 0 Å². The molecule has 1 fully saturated rings. The molecule has 3 nitrogen and oxygen atoms in total. The highest BCUT2D eigenvalue weighted by molar-refractivity contribution is 4.81. The first-order chi connectivity index (χ1) is 7.65. The molecule has 1 aliphatic heterocycles. The highest BCUT2D eigenvalue weighted by atomic mass is 16.5. The maximum Gasteiger partial charge on any atom is 0.0639 e. The second kappa shape index (κ2) is 7.25. The Kier molecular flexibility index (Phi) is 6.32. The highest BCUT2D eigenvalue weighted by Gasteiger charge is 2.30. The van der Waals surface area contributed by atoms with Crippen LogP contribution in [0.4, 0.5) is 0 Å². The first-order valence-corrected chi connectivity index (χ1v) is 6.61. The third kappa shape index (κ3) is 4.40. The molecule has 0 saturated carbocycles. The van der Waals surface area contributed by atoms with Crippen LogP contribution in [0.15, 0.2) is 0 Å². The zero-order valence-electron chi connectivity index (χ0n) is 10.9. The molecule has 2 N–H and O–H groups in total. The second-order valence-electron chi connectivity index (χ2n) is 5.30. The molecule has 1 aliphatic rings. The maximum absolute atomic E-state index is 8.76. The molecule has 96 valence electrons. The van der Waals surface area contributed by atoms with Gasteiger partial charge in [0.15, 0.2) is 0 Å². The molecule has 1 rings (SSSR count). The minimum atomic E-state index is 0.299. The fraction of sp³-hybridized carbons (Fsp3) is 1.00. The zero-order valence-corrected chi connectivity index (χ0v) is 10.9. The minimum absolute atomic E-state index is 0.299. The van der Waals surface area contributed by atoms with Gasteiger partial charge >= 0.3 is 0 Å². The van der Waals surface area contributed by atoms with E-state index in [0.29, 0.717) is 30.6 Å². The first kappa shape index (κ1) is 13.9. The SMILES string of the molecule is CC(CCCO)NCC1CCOC1C(C)C. The van der Waals surface area contributed by atoms with Crippen molar-refractivity contribution >= 4 is 0 Å². The fourth-order valence-electron chi connectivity index (χ4n) is 2.46. The van der Waals surface area contributed by atoms with Gasteiger partial charge in [-0.15, -0.1) is 0 Å². The molecule has 3 unspecified atom stereocenters. The Morgan fingerprint density at radius 1 is 1.38 bits per heavy atom. The second-order valence-corrected chi connectivity index (χ2v) is 5.30. The van der Waals surface area contributed by atoms with Crippen LogP contribution in [0.3, 0.4) is 0 Å². The van der Waals surface area contributed by atoms with Gasteiger partial charge in [-0.1, -0.05) is 13.8 Å². The molecule has 3 heteroatoms. The van der Waals surface area contributed by atoms with Gasteiger partial charge in [-0.3, -0.25) is 0 Å². The Bertz CT molecular complexity index is 185. The van der Waals surface area contributed by atoms with Crippen molar-refractivity contribution in [2.45, 2.75) is 52.2 Å². The predicted molar refractivity (Wildman–Crippen MR) is 66.5 cm³/mol. The normalized spacial score (nSPS) is 27.6. The molecule has 0 amide bonds. The summed E-state index contributed by atoms with van der Waals surface area (Å²) in [5.41, 5.74) is 0. The van der Waals surface area contributed by atoms with Crippen molar-refractivity contribution in [3.05, 3.63) is 0 Å². The van der Waals surface area contributed by atoms with Crippen LogP contribution in [0.25, 0.3) is 0 Å². The van der Waals surface area contributed by atoms with E-state index in [1.807, 2.05) is 0 Å². The number of rotatable bonds is 7. The van der Waals surface area contributed by atoms with Crippen LogP contribution in [-0.2, 0) is 4.74 Å². The molecule has 0 spiro atoms. The van der Waals surface area contributed by atoms with Crippen molar-refractivity contribution in [3.8, 4) is 0 Å². The number of nitrogens with one attached hydrogen (secondary N) is 1. The van der Waals surface area contributed by atoms with E-state index in [0.717, 1.165) is 26.0 Å². The number of hydrogen-bond acceptors (Lipinski definition) is 3. The van der Waals surface area contributed by atoms with Gasteiger partial charge in [0.1, 0.15) is 0 Å². The molecule has 0 aromatic rings. The van der Waals surface area contributed by atoms with Crippen LogP contribution in [0, 0.1) is 11.8 Å². The van der Waals surface area contributed by atoms with Crippen molar-refractivity contribution in [1.82, 2.24) is 5.32 Å². The molecule has 3 atom stereocenters. The van der Waals surface area contributed by atoms with E-state index in [2.05, 4.69) is 26.1 Å². The van der Waals surface area contributed by atoms with E-state index in [4.69, 9.17) is 9.84 Å². The first-order valence-electron chi connectivity index (χ1n) is 6.61. The highest BCUT2D eigenvalue weighted by Crippen LogP contribution is 2.26. The fourth-order valence-corrected chi connectivity index (χ4v) is 2.46. The lowest BCUT2D eigenvalue weighted by Gasteiger charge is -2.24. The molecule has 0 bridgehead atoms. The maximum atomic E-state index is 8.76. The Labute approximate surface area is 99.6 Å². The van der Waals surface area contributed by atoms with Crippen molar-refractivity contribution in [2.75, 3.05) is 19.8 Å². The summed E-state index contributed by atoms with van der Waals surface area (Å²) in [6.45, 7) is 8.93. The largest absolute Gasteiger partial charge is 0.396 e. The van der Waals surface area contributed by atoms with Crippen LogP contribution < -0.4 is 5.32 Å². The van der Waals surface area contributed by atoms with Gasteiger partial charge in [0.05, 0.1) is 6.10 Å². The van der Waals surface area contributed by atoms with Crippen LogP contribution in [-0.4, -0.2) is 37.0 Å². The van der Waals surface area contributed by atoms with E-state index in [9.17, 15) is 0 Å². The van der Waals surface area contributed by atoms with Crippen molar-refractivity contribution in [3.63, 3.8) is 0 Å². The van der Waals surface area contributed by atoms with E-state index in [-0.39, 0.29) is 0 Å². The topological polar surface area (TPSA) is 41.5 Å². The predicted octanol–water partition coefficient (Wildman–Crippen LogP) is 1.80. The minimum Gasteiger partial charge on any atom is -0.396 e.